The summed E-state index contributed by atoms with van der Waals surface area (Å²) >= 11 is 5.91. The van der Waals surface area contributed by atoms with Gasteiger partial charge in [-0.2, -0.15) is 5.10 Å². The Kier molecular flexibility index (Phi) is 1.84. The predicted octanol–water partition coefficient (Wildman–Crippen LogP) is 1.03. The zero-order chi connectivity index (χ0) is 7.68. The molecule has 1 aliphatic heterocycles. The molecule has 0 atom stereocenters. The van der Waals surface area contributed by atoms with Crippen LogP contribution in [0.1, 0.15) is 12.1 Å². The molecule has 2 rings (SSSR count). The number of rotatable bonds is 0. The van der Waals surface area contributed by atoms with E-state index in [1.54, 1.807) is 6.20 Å². The molecule has 3 nitrogen and oxygen atoms in total. The Morgan fingerprint density at radius 2 is 2.55 bits per heavy atom. The number of fused-ring (bicyclic) bond motifs is 1. The zero-order valence-corrected chi connectivity index (χ0v) is 6.93. The Morgan fingerprint density at radius 1 is 1.64 bits per heavy atom. The Labute approximate surface area is 70.3 Å². The first-order valence-corrected chi connectivity index (χ1v) is 4.16. The van der Waals surface area contributed by atoms with Crippen LogP contribution >= 0.6 is 11.6 Å². The van der Waals surface area contributed by atoms with Crippen LogP contribution in [-0.2, 0) is 13.1 Å². The van der Waals surface area contributed by atoms with Gasteiger partial charge in [-0.3, -0.25) is 4.68 Å². The second kappa shape index (κ2) is 2.83. The summed E-state index contributed by atoms with van der Waals surface area (Å²) < 4.78 is 1.97. The quantitative estimate of drug-likeness (QED) is 0.632. The highest BCUT2D eigenvalue weighted by Gasteiger charge is 2.10. The summed E-state index contributed by atoms with van der Waals surface area (Å²) in [4.78, 5) is 0. The van der Waals surface area contributed by atoms with Crippen LogP contribution in [0.3, 0.4) is 0 Å². The van der Waals surface area contributed by atoms with Crippen LogP contribution in [0.25, 0.3) is 0 Å². The molecule has 0 amide bonds. The van der Waals surface area contributed by atoms with Crippen LogP contribution in [-0.4, -0.2) is 16.3 Å². The summed E-state index contributed by atoms with van der Waals surface area (Å²) in [6.07, 6.45) is 2.84. The molecule has 1 aromatic rings. The lowest BCUT2D eigenvalue weighted by atomic mass is 10.4. The highest BCUT2D eigenvalue weighted by Crippen LogP contribution is 2.16. The minimum atomic E-state index is 0.777. The molecule has 4 heteroatoms. The van der Waals surface area contributed by atoms with E-state index in [-0.39, 0.29) is 0 Å². The minimum absolute atomic E-state index is 0.777. The Hall–Kier alpha value is -0.540. The standard InChI is InChI=1S/C7H10ClN3/c8-6-4-10-11-3-1-2-9-5-7(6)11/h4,9H,1-3,5H2. The number of aryl methyl sites for hydroxylation is 1. The van der Waals surface area contributed by atoms with E-state index >= 15 is 0 Å². The van der Waals surface area contributed by atoms with E-state index in [2.05, 4.69) is 10.4 Å². The third-order valence-electron chi connectivity index (χ3n) is 1.91. The van der Waals surface area contributed by atoms with Crippen LogP contribution in [0.15, 0.2) is 6.20 Å². The van der Waals surface area contributed by atoms with Crippen LogP contribution in [0.5, 0.6) is 0 Å². The van der Waals surface area contributed by atoms with Crippen molar-refractivity contribution in [2.45, 2.75) is 19.5 Å². The number of hydrogen-bond acceptors (Lipinski definition) is 2. The van der Waals surface area contributed by atoms with E-state index in [1.807, 2.05) is 4.68 Å². The molecule has 0 bridgehead atoms. The lowest BCUT2D eigenvalue weighted by Crippen LogP contribution is -2.12. The summed E-state index contributed by atoms with van der Waals surface area (Å²) in [5.74, 6) is 0. The number of nitrogens with one attached hydrogen (secondary N) is 1. The van der Waals surface area contributed by atoms with Crippen molar-refractivity contribution in [3.8, 4) is 0 Å². The van der Waals surface area contributed by atoms with Crippen LogP contribution in [0, 0.1) is 0 Å². The number of hydrogen-bond donors (Lipinski definition) is 1. The maximum absolute atomic E-state index is 5.91. The van der Waals surface area contributed by atoms with Crippen molar-refractivity contribution in [1.82, 2.24) is 15.1 Å². The van der Waals surface area contributed by atoms with Crippen molar-refractivity contribution < 1.29 is 0 Å². The molecule has 0 saturated heterocycles. The van der Waals surface area contributed by atoms with E-state index in [0.717, 1.165) is 36.8 Å². The van der Waals surface area contributed by atoms with Crippen molar-refractivity contribution in [3.05, 3.63) is 16.9 Å². The summed E-state index contributed by atoms with van der Waals surface area (Å²) in [6.45, 7) is 2.88. The second-order valence-corrected chi connectivity index (χ2v) is 3.10. The average molecular weight is 172 g/mol. The molecule has 0 fully saturated rings. The molecule has 1 aliphatic rings. The molecule has 0 radical (unpaired) electrons. The van der Waals surface area contributed by atoms with Gasteiger partial charge >= 0.3 is 0 Å². The van der Waals surface area contributed by atoms with Gasteiger partial charge in [-0.05, 0) is 13.0 Å². The van der Waals surface area contributed by atoms with Gasteiger partial charge < -0.3 is 5.32 Å². The molecule has 0 saturated carbocycles. The van der Waals surface area contributed by atoms with Crippen molar-refractivity contribution in [2.75, 3.05) is 6.54 Å². The third kappa shape index (κ3) is 1.26. The number of nitrogens with zero attached hydrogens (tertiary/aromatic N) is 2. The smallest absolute Gasteiger partial charge is 0.0831 e. The molecule has 0 aliphatic carbocycles. The first-order valence-electron chi connectivity index (χ1n) is 3.79. The van der Waals surface area contributed by atoms with Gasteiger partial charge in [-0.1, -0.05) is 11.6 Å². The second-order valence-electron chi connectivity index (χ2n) is 2.69. The SMILES string of the molecule is Clc1cnn2c1CNCCC2. The third-order valence-corrected chi connectivity index (χ3v) is 2.23. The molecule has 1 aromatic heterocycles. The first kappa shape index (κ1) is 7.13. The molecule has 0 aromatic carbocycles. The summed E-state index contributed by atoms with van der Waals surface area (Å²) in [5, 5.41) is 8.22. The Bertz CT molecular complexity index is 256. The van der Waals surface area contributed by atoms with Crippen molar-refractivity contribution >= 4 is 11.6 Å². The van der Waals surface area contributed by atoms with Crippen LogP contribution in [0.2, 0.25) is 5.02 Å². The fourth-order valence-corrected chi connectivity index (χ4v) is 1.52. The largest absolute Gasteiger partial charge is 0.311 e. The zero-order valence-electron chi connectivity index (χ0n) is 6.18. The van der Waals surface area contributed by atoms with E-state index in [4.69, 9.17) is 11.6 Å². The fraction of sp³-hybridized carbons (Fsp3) is 0.571. The molecule has 11 heavy (non-hydrogen) atoms. The highest BCUT2D eigenvalue weighted by molar-refractivity contribution is 6.31. The van der Waals surface area contributed by atoms with E-state index < -0.39 is 0 Å². The summed E-state index contributed by atoms with van der Waals surface area (Å²) in [5.41, 5.74) is 1.11. The normalized spacial score (nSPS) is 17.5. The van der Waals surface area contributed by atoms with Gasteiger partial charge in [0.2, 0.25) is 0 Å². The van der Waals surface area contributed by atoms with E-state index in [9.17, 15) is 0 Å². The molecular weight excluding hydrogens is 162 g/mol. The maximum Gasteiger partial charge on any atom is 0.0831 e. The highest BCUT2D eigenvalue weighted by atomic mass is 35.5. The van der Waals surface area contributed by atoms with Gasteiger partial charge in [-0.15, -0.1) is 0 Å². The summed E-state index contributed by atoms with van der Waals surface area (Å²) in [7, 11) is 0. The van der Waals surface area contributed by atoms with Gasteiger partial charge in [0.05, 0.1) is 16.9 Å². The minimum Gasteiger partial charge on any atom is -0.311 e. The lowest BCUT2D eigenvalue weighted by Gasteiger charge is -1.99. The van der Waals surface area contributed by atoms with Gasteiger partial charge in [0.15, 0.2) is 0 Å². The molecular formula is C7H10ClN3. The lowest BCUT2D eigenvalue weighted by molar-refractivity contribution is 0.587. The number of aromatic nitrogens is 2. The van der Waals surface area contributed by atoms with Gasteiger partial charge in [0.1, 0.15) is 0 Å². The predicted molar refractivity (Wildman–Crippen MR) is 43.6 cm³/mol. The topological polar surface area (TPSA) is 29.9 Å². The maximum atomic E-state index is 5.91. The molecule has 0 unspecified atom stereocenters. The van der Waals surface area contributed by atoms with E-state index in [0.29, 0.717) is 0 Å². The molecule has 2 heterocycles. The molecule has 60 valence electrons. The van der Waals surface area contributed by atoms with Crippen LogP contribution in [0.4, 0.5) is 0 Å². The van der Waals surface area contributed by atoms with Gasteiger partial charge in [0.25, 0.3) is 0 Å². The monoisotopic (exact) mass is 171 g/mol. The molecule has 1 N–H and O–H groups in total. The average Bonchev–Trinajstić information content (AvgIpc) is 2.25. The Morgan fingerprint density at radius 3 is 3.45 bits per heavy atom. The fourth-order valence-electron chi connectivity index (χ4n) is 1.32. The van der Waals surface area contributed by atoms with Crippen molar-refractivity contribution in [1.29, 1.82) is 0 Å². The molecule has 0 spiro atoms. The van der Waals surface area contributed by atoms with Crippen molar-refractivity contribution in [3.63, 3.8) is 0 Å². The van der Waals surface area contributed by atoms with Gasteiger partial charge in [-0.25, -0.2) is 0 Å². The van der Waals surface area contributed by atoms with Gasteiger partial charge in [0, 0.05) is 13.1 Å². The first-order chi connectivity index (χ1) is 5.38. The summed E-state index contributed by atoms with van der Waals surface area (Å²) in [6, 6.07) is 0. The number of halogens is 1. The van der Waals surface area contributed by atoms with E-state index in [1.165, 1.54) is 0 Å². The van der Waals surface area contributed by atoms with Crippen molar-refractivity contribution in [2.24, 2.45) is 0 Å². The van der Waals surface area contributed by atoms with Crippen LogP contribution < -0.4 is 5.32 Å². The Balaban J connectivity index is 2.35.